The van der Waals surface area contributed by atoms with Gasteiger partial charge in [-0.3, -0.25) is 19.7 Å². The van der Waals surface area contributed by atoms with Gasteiger partial charge in [0, 0.05) is 12.6 Å². The molecule has 170 valence electrons. The van der Waals surface area contributed by atoms with E-state index in [1.807, 2.05) is 30.3 Å². The summed E-state index contributed by atoms with van der Waals surface area (Å²) in [4.78, 5) is 37.5. The van der Waals surface area contributed by atoms with Crippen LogP contribution in [0.4, 0.5) is 4.39 Å². The zero-order chi connectivity index (χ0) is 23.1. The number of amides is 1. The zero-order valence-electron chi connectivity index (χ0n) is 17.6. The van der Waals surface area contributed by atoms with Gasteiger partial charge < -0.3 is 15.1 Å². The molecule has 0 radical (unpaired) electrons. The minimum atomic E-state index is -1.14. The average molecular weight is 442 g/mol. The van der Waals surface area contributed by atoms with E-state index in [-0.39, 0.29) is 18.5 Å². The first-order valence-corrected chi connectivity index (χ1v) is 10.6. The van der Waals surface area contributed by atoms with E-state index in [1.165, 1.54) is 29.2 Å². The Morgan fingerprint density at radius 2 is 1.75 bits per heavy atom. The van der Waals surface area contributed by atoms with Gasteiger partial charge in [-0.25, -0.2) is 4.39 Å². The highest BCUT2D eigenvalue weighted by molar-refractivity contribution is 5.87. The minimum absolute atomic E-state index is 0.0952. The van der Waals surface area contributed by atoms with E-state index < -0.39 is 36.3 Å². The fourth-order valence-electron chi connectivity index (χ4n) is 4.12. The number of carbonyl (C=O) groups excluding carboxylic acids is 1. The van der Waals surface area contributed by atoms with Gasteiger partial charge in [0.2, 0.25) is 5.91 Å². The topological polar surface area (TPSA) is 107 Å². The molecule has 0 unspecified atom stereocenters. The Kier molecular flexibility index (Phi) is 7.94. The highest BCUT2D eigenvalue weighted by Gasteiger charge is 2.34. The van der Waals surface area contributed by atoms with E-state index in [4.69, 9.17) is 0 Å². The lowest BCUT2D eigenvalue weighted by Gasteiger charge is -2.27. The van der Waals surface area contributed by atoms with Crippen LogP contribution in [0.5, 0.6) is 0 Å². The van der Waals surface area contributed by atoms with Gasteiger partial charge in [-0.2, -0.15) is 0 Å². The van der Waals surface area contributed by atoms with Gasteiger partial charge >= 0.3 is 11.9 Å². The molecule has 1 heterocycles. The van der Waals surface area contributed by atoms with Gasteiger partial charge in [0.05, 0.1) is 5.92 Å². The largest absolute Gasteiger partial charge is 0.480 e. The number of carbonyl (C=O) groups is 3. The maximum absolute atomic E-state index is 13.3. The Labute approximate surface area is 185 Å². The van der Waals surface area contributed by atoms with Gasteiger partial charge in [-0.15, -0.1) is 0 Å². The van der Waals surface area contributed by atoms with Crippen molar-refractivity contribution in [2.24, 2.45) is 0 Å². The summed E-state index contributed by atoms with van der Waals surface area (Å²) in [7, 11) is 0. The van der Waals surface area contributed by atoms with Crippen LogP contribution >= 0.6 is 0 Å². The number of carboxylic acid groups (broad SMARTS) is 2. The second-order valence-corrected chi connectivity index (χ2v) is 8.07. The molecule has 32 heavy (non-hydrogen) atoms. The Balaban J connectivity index is 1.73. The van der Waals surface area contributed by atoms with Crippen molar-refractivity contribution in [2.45, 2.75) is 43.7 Å². The van der Waals surface area contributed by atoms with Gasteiger partial charge in [0.15, 0.2) is 0 Å². The van der Waals surface area contributed by atoms with Gasteiger partial charge in [0.1, 0.15) is 18.4 Å². The maximum Gasteiger partial charge on any atom is 0.323 e. The van der Waals surface area contributed by atoms with Crippen molar-refractivity contribution in [3.8, 4) is 0 Å². The highest BCUT2D eigenvalue weighted by Crippen LogP contribution is 2.28. The van der Waals surface area contributed by atoms with E-state index in [0.717, 1.165) is 5.56 Å². The molecule has 0 bridgehead atoms. The van der Waals surface area contributed by atoms with Crippen molar-refractivity contribution >= 4 is 17.8 Å². The van der Waals surface area contributed by atoms with Crippen molar-refractivity contribution in [3.05, 3.63) is 71.5 Å². The van der Waals surface area contributed by atoms with E-state index in [9.17, 15) is 29.0 Å². The number of hydrogen-bond donors (Lipinski definition) is 3. The van der Waals surface area contributed by atoms with Crippen LogP contribution in [-0.2, 0) is 20.8 Å². The van der Waals surface area contributed by atoms with Crippen molar-refractivity contribution in [1.82, 2.24) is 10.2 Å². The van der Waals surface area contributed by atoms with Crippen LogP contribution in [0.3, 0.4) is 0 Å². The fraction of sp³-hybridized carbons (Fsp3) is 0.375. The summed E-state index contributed by atoms with van der Waals surface area (Å²) in [6.07, 6.45) is 1.83. The van der Waals surface area contributed by atoms with E-state index in [2.05, 4.69) is 5.32 Å². The number of halogens is 1. The number of carboxylic acids is 2. The molecular weight excluding hydrogens is 415 g/mol. The molecule has 0 aromatic heterocycles. The lowest BCUT2D eigenvalue weighted by atomic mass is 9.92. The standard InChI is InChI=1S/C24H27FN2O5/c25-18-9-7-17(8-10-18)20-12-11-19(14-27(23(20)30)15-22(28)29)26-21(24(31)32)13-6-16-4-2-1-3-5-16/h1-5,7-10,19-21,26H,6,11-15H2,(H,28,29)(H,31,32)/t19-,20+,21+/m1/s1. The number of benzene rings is 2. The number of aliphatic carboxylic acids is 2. The first kappa shape index (κ1) is 23.4. The van der Waals surface area contributed by atoms with Crippen LogP contribution in [0.15, 0.2) is 54.6 Å². The average Bonchev–Trinajstić information content (AvgIpc) is 2.91. The first-order valence-electron chi connectivity index (χ1n) is 10.6. The number of nitrogens with zero attached hydrogens (tertiary/aromatic N) is 1. The van der Waals surface area contributed by atoms with Crippen molar-refractivity contribution in [2.75, 3.05) is 13.1 Å². The quantitative estimate of drug-likeness (QED) is 0.551. The lowest BCUT2D eigenvalue weighted by molar-refractivity contribution is -0.145. The van der Waals surface area contributed by atoms with Crippen LogP contribution in [-0.4, -0.2) is 58.1 Å². The van der Waals surface area contributed by atoms with Crippen LogP contribution in [0.25, 0.3) is 0 Å². The van der Waals surface area contributed by atoms with E-state index in [0.29, 0.717) is 31.2 Å². The van der Waals surface area contributed by atoms with Crippen LogP contribution in [0.2, 0.25) is 0 Å². The third-order valence-corrected chi connectivity index (χ3v) is 5.75. The van der Waals surface area contributed by atoms with Crippen LogP contribution < -0.4 is 5.32 Å². The number of hydrogen-bond acceptors (Lipinski definition) is 4. The van der Waals surface area contributed by atoms with E-state index >= 15 is 0 Å². The molecule has 8 heteroatoms. The molecule has 1 fully saturated rings. The molecule has 1 saturated heterocycles. The van der Waals surface area contributed by atoms with E-state index in [1.54, 1.807) is 0 Å². The third kappa shape index (κ3) is 6.37. The predicted molar refractivity (Wildman–Crippen MR) is 116 cm³/mol. The second-order valence-electron chi connectivity index (χ2n) is 8.07. The summed E-state index contributed by atoms with van der Waals surface area (Å²) in [6, 6.07) is 14.0. The Hall–Kier alpha value is -3.26. The molecule has 0 saturated carbocycles. The third-order valence-electron chi connectivity index (χ3n) is 5.75. The summed E-state index contributed by atoms with van der Waals surface area (Å²) < 4.78 is 13.3. The summed E-state index contributed by atoms with van der Waals surface area (Å²) >= 11 is 0. The number of nitrogens with one attached hydrogen (secondary N) is 1. The van der Waals surface area contributed by atoms with Gasteiger partial charge in [-0.05, 0) is 48.9 Å². The fourth-order valence-corrected chi connectivity index (χ4v) is 4.12. The lowest BCUT2D eigenvalue weighted by Crippen LogP contribution is -2.49. The van der Waals surface area contributed by atoms with Gasteiger partial charge in [-0.1, -0.05) is 42.5 Å². The number of likely N-dealkylation sites (tertiary alicyclic amines) is 1. The highest BCUT2D eigenvalue weighted by atomic mass is 19.1. The molecule has 1 aliphatic rings. The number of rotatable bonds is 9. The summed E-state index contributed by atoms with van der Waals surface area (Å²) in [5.41, 5.74) is 1.65. The van der Waals surface area contributed by atoms with Crippen molar-refractivity contribution in [3.63, 3.8) is 0 Å². The SMILES string of the molecule is O=C(O)CN1C[C@H](N[C@@H](CCc2ccccc2)C(=O)O)CC[C@@H](c2ccc(F)cc2)C1=O. The predicted octanol–water partition coefficient (Wildman–Crippen LogP) is 2.66. The normalized spacial score (nSPS) is 19.9. The minimum Gasteiger partial charge on any atom is -0.480 e. The number of aryl methyl sites for hydroxylation is 1. The van der Waals surface area contributed by atoms with Crippen LogP contribution in [0, 0.1) is 5.82 Å². The molecule has 0 spiro atoms. The Morgan fingerprint density at radius 1 is 1.06 bits per heavy atom. The summed E-state index contributed by atoms with van der Waals surface area (Å²) in [6.45, 7) is -0.381. The molecule has 2 aromatic rings. The van der Waals surface area contributed by atoms with Gasteiger partial charge in [0.25, 0.3) is 0 Å². The first-order chi connectivity index (χ1) is 15.3. The molecule has 1 amide bonds. The molecule has 2 aromatic carbocycles. The van der Waals surface area contributed by atoms with Crippen molar-refractivity contribution in [1.29, 1.82) is 0 Å². The summed E-state index contributed by atoms with van der Waals surface area (Å²) in [5.74, 6) is -3.50. The Morgan fingerprint density at radius 3 is 2.38 bits per heavy atom. The maximum atomic E-state index is 13.3. The molecule has 3 rings (SSSR count). The Bertz CT molecular complexity index is 935. The van der Waals surface area contributed by atoms with Crippen LogP contribution in [0.1, 0.15) is 36.3 Å². The molecule has 1 aliphatic heterocycles. The zero-order valence-corrected chi connectivity index (χ0v) is 17.6. The second kappa shape index (κ2) is 10.9. The molecule has 7 nitrogen and oxygen atoms in total. The monoisotopic (exact) mass is 442 g/mol. The summed E-state index contributed by atoms with van der Waals surface area (Å²) in [5, 5.41) is 22.1. The molecule has 3 N–H and O–H groups in total. The smallest absolute Gasteiger partial charge is 0.323 e. The molecule has 3 atom stereocenters. The molecule has 0 aliphatic carbocycles. The van der Waals surface area contributed by atoms with Crippen molar-refractivity contribution < 1.29 is 29.0 Å². The molecular formula is C24H27FN2O5.